The summed E-state index contributed by atoms with van der Waals surface area (Å²) in [5.41, 5.74) is 0.914. The molecule has 1 rings (SSSR count). The minimum absolute atomic E-state index is 0.302. The Hall–Kier alpha value is -1.97. The lowest BCUT2D eigenvalue weighted by atomic mass is 10.1. The largest absolute Gasteiger partial charge is 0.493 e. The Morgan fingerprint density at radius 2 is 1.71 bits per heavy atom. The van der Waals surface area contributed by atoms with Crippen LogP contribution < -0.4 is 14.2 Å². The van der Waals surface area contributed by atoms with Gasteiger partial charge in [-0.3, -0.25) is 4.79 Å². The van der Waals surface area contributed by atoms with Gasteiger partial charge in [-0.15, -0.1) is 0 Å². The fourth-order valence-corrected chi connectivity index (χ4v) is 1.43. The van der Waals surface area contributed by atoms with Crippen molar-refractivity contribution in [2.75, 3.05) is 14.2 Å². The lowest BCUT2D eigenvalue weighted by Gasteiger charge is -2.13. The zero-order valence-corrected chi connectivity index (χ0v) is 10.4. The molecule has 0 unspecified atom stereocenters. The standard InChI is InChI=1S/C13H16O4/c1-5-6-10-7-11(15-3)13(17-9(2)14)12(8-10)16-4/h5-8H,1-4H3/b6-5+. The lowest BCUT2D eigenvalue weighted by Crippen LogP contribution is -2.05. The summed E-state index contributed by atoms with van der Waals surface area (Å²) < 4.78 is 15.4. The molecule has 0 heterocycles. The smallest absolute Gasteiger partial charge is 0.308 e. The molecule has 1 aromatic carbocycles. The summed E-state index contributed by atoms with van der Waals surface area (Å²) in [4.78, 5) is 11.0. The zero-order valence-electron chi connectivity index (χ0n) is 10.4. The molecule has 0 saturated carbocycles. The Kier molecular flexibility index (Phi) is 4.57. The van der Waals surface area contributed by atoms with Crippen molar-refractivity contribution < 1.29 is 19.0 Å². The normalized spacial score (nSPS) is 10.4. The highest BCUT2D eigenvalue weighted by Gasteiger charge is 2.15. The summed E-state index contributed by atoms with van der Waals surface area (Å²) in [7, 11) is 3.03. The van der Waals surface area contributed by atoms with Crippen molar-refractivity contribution >= 4 is 12.0 Å². The number of methoxy groups -OCH3 is 2. The molecule has 0 amide bonds. The second-order valence-electron chi connectivity index (χ2n) is 3.35. The van der Waals surface area contributed by atoms with Crippen LogP contribution in [0.25, 0.3) is 6.08 Å². The van der Waals surface area contributed by atoms with Gasteiger partial charge in [0.05, 0.1) is 14.2 Å². The topological polar surface area (TPSA) is 44.8 Å². The molecule has 4 nitrogen and oxygen atoms in total. The molecule has 0 aliphatic heterocycles. The number of carbonyl (C=O) groups excluding carboxylic acids is 1. The van der Waals surface area contributed by atoms with Gasteiger partial charge in [0.1, 0.15) is 0 Å². The molecule has 0 atom stereocenters. The van der Waals surface area contributed by atoms with E-state index in [0.717, 1.165) is 5.56 Å². The predicted octanol–water partition coefficient (Wildman–Crippen LogP) is 2.66. The van der Waals surface area contributed by atoms with E-state index in [9.17, 15) is 4.79 Å². The van der Waals surface area contributed by atoms with Gasteiger partial charge < -0.3 is 14.2 Å². The van der Waals surface area contributed by atoms with Crippen LogP contribution in [-0.4, -0.2) is 20.2 Å². The van der Waals surface area contributed by atoms with E-state index in [1.807, 2.05) is 19.1 Å². The predicted molar refractivity (Wildman–Crippen MR) is 65.6 cm³/mol. The monoisotopic (exact) mass is 236 g/mol. The van der Waals surface area contributed by atoms with E-state index in [2.05, 4.69) is 0 Å². The molecule has 0 bridgehead atoms. The van der Waals surface area contributed by atoms with Gasteiger partial charge >= 0.3 is 5.97 Å². The summed E-state index contributed by atoms with van der Waals surface area (Å²) >= 11 is 0. The number of carbonyl (C=O) groups is 1. The van der Waals surface area contributed by atoms with Crippen LogP contribution in [0.15, 0.2) is 18.2 Å². The van der Waals surface area contributed by atoms with Gasteiger partial charge in [0, 0.05) is 6.92 Å². The van der Waals surface area contributed by atoms with Gasteiger partial charge in [-0.25, -0.2) is 0 Å². The Bertz CT molecular complexity index is 410. The average molecular weight is 236 g/mol. The molecule has 4 heteroatoms. The van der Waals surface area contributed by atoms with E-state index in [-0.39, 0.29) is 0 Å². The maximum absolute atomic E-state index is 11.0. The fraction of sp³-hybridized carbons (Fsp3) is 0.308. The Labute approximate surface area is 101 Å². The molecule has 92 valence electrons. The maximum Gasteiger partial charge on any atom is 0.308 e. The van der Waals surface area contributed by atoms with Gasteiger partial charge in [0.15, 0.2) is 11.5 Å². The number of allylic oxidation sites excluding steroid dienone is 1. The molecule has 0 aliphatic rings. The van der Waals surface area contributed by atoms with Crippen LogP contribution in [0.4, 0.5) is 0 Å². The van der Waals surface area contributed by atoms with Crippen molar-refractivity contribution in [1.29, 1.82) is 0 Å². The Balaban J connectivity index is 3.30. The number of benzene rings is 1. The summed E-state index contributed by atoms with van der Waals surface area (Å²) in [5.74, 6) is 0.816. The second-order valence-corrected chi connectivity index (χ2v) is 3.35. The molecule has 0 aliphatic carbocycles. The van der Waals surface area contributed by atoms with Crippen molar-refractivity contribution in [2.45, 2.75) is 13.8 Å². The summed E-state index contributed by atoms with van der Waals surface area (Å²) in [6.07, 6.45) is 3.81. The average Bonchev–Trinajstić information content (AvgIpc) is 2.30. The van der Waals surface area contributed by atoms with E-state index in [0.29, 0.717) is 17.2 Å². The summed E-state index contributed by atoms with van der Waals surface area (Å²) in [6.45, 7) is 3.25. The van der Waals surface area contributed by atoms with E-state index in [1.165, 1.54) is 21.1 Å². The molecule has 1 aromatic rings. The minimum Gasteiger partial charge on any atom is -0.493 e. The highest BCUT2D eigenvalue weighted by Crippen LogP contribution is 2.38. The van der Waals surface area contributed by atoms with Gasteiger partial charge in [-0.1, -0.05) is 12.2 Å². The van der Waals surface area contributed by atoms with Crippen LogP contribution in [0.1, 0.15) is 19.4 Å². The molecule has 0 saturated heterocycles. The van der Waals surface area contributed by atoms with Crippen LogP contribution in [0, 0.1) is 0 Å². The van der Waals surface area contributed by atoms with Crippen molar-refractivity contribution in [3.8, 4) is 17.2 Å². The summed E-state index contributed by atoms with van der Waals surface area (Å²) in [5, 5.41) is 0. The van der Waals surface area contributed by atoms with E-state index >= 15 is 0 Å². The lowest BCUT2D eigenvalue weighted by molar-refractivity contribution is -0.132. The van der Waals surface area contributed by atoms with Crippen LogP contribution in [0.2, 0.25) is 0 Å². The molecule has 0 spiro atoms. The zero-order chi connectivity index (χ0) is 12.8. The molecule has 0 radical (unpaired) electrons. The van der Waals surface area contributed by atoms with Crippen LogP contribution >= 0.6 is 0 Å². The third-order valence-electron chi connectivity index (χ3n) is 2.09. The van der Waals surface area contributed by atoms with Crippen molar-refractivity contribution in [1.82, 2.24) is 0 Å². The molecule has 0 fully saturated rings. The number of esters is 1. The third-order valence-corrected chi connectivity index (χ3v) is 2.09. The first kappa shape index (κ1) is 13.1. The van der Waals surface area contributed by atoms with Gasteiger partial charge in [0.2, 0.25) is 5.75 Å². The first-order chi connectivity index (χ1) is 8.12. The highest BCUT2D eigenvalue weighted by atomic mass is 16.6. The number of rotatable bonds is 4. The van der Waals surface area contributed by atoms with E-state index in [1.54, 1.807) is 12.1 Å². The van der Waals surface area contributed by atoms with Crippen molar-refractivity contribution in [3.05, 3.63) is 23.8 Å². The van der Waals surface area contributed by atoms with E-state index < -0.39 is 5.97 Å². The van der Waals surface area contributed by atoms with E-state index in [4.69, 9.17) is 14.2 Å². The Morgan fingerprint density at radius 1 is 1.18 bits per heavy atom. The molecular formula is C13H16O4. The SMILES string of the molecule is C/C=C/c1cc(OC)c(OC(C)=O)c(OC)c1. The third kappa shape index (κ3) is 3.24. The van der Waals surface area contributed by atoms with Gasteiger partial charge in [-0.05, 0) is 24.6 Å². The molecule has 0 N–H and O–H groups in total. The summed E-state index contributed by atoms with van der Waals surface area (Å²) in [6, 6.07) is 3.56. The molecule has 0 aromatic heterocycles. The number of hydrogen-bond acceptors (Lipinski definition) is 4. The minimum atomic E-state index is -0.416. The van der Waals surface area contributed by atoms with Crippen molar-refractivity contribution in [2.24, 2.45) is 0 Å². The first-order valence-corrected chi connectivity index (χ1v) is 5.19. The highest BCUT2D eigenvalue weighted by molar-refractivity contribution is 5.73. The maximum atomic E-state index is 11.0. The van der Waals surface area contributed by atoms with Crippen molar-refractivity contribution in [3.63, 3.8) is 0 Å². The van der Waals surface area contributed by atoms with Crippen LogP contribution in [-0.2, 0) is 4.79 Å². The quantitative estimate of drug-likeness (QED) is 0.595. The number of ether oxygens (including phenoxy) is 3. The fourth-order valence-electron chi connectivity index (χ4n) is 1.43. The molecular weight excluding hydrogens is 220 g/mol. The Morgan fingerprint density at radius 3 is 2.06 bits per heavy atom. The molecule has 17 heavy (non-hydrogen) atoms. The van der Waals surface area contributed by atoms with Gasteiger partial charge in [0.25, 0.3) is 0 Å². The first-order valence-electron chi connectivity index (χ1n) is 5.19. The van der Waals surface area contributed by atoms with Crippen LogP contribution in [0.5, 0.6) is 17.2 Å². The van der Waals surface area contributed by atoms with Gasteiger partial charge in [-0.2, -0.15) is 0 Å². The second kappa shape index (κ2) is 5.94. The number of hydrogen-bond donors (Lipinski definition) is 0. The van der Waals surface area contributed by atoms with Crippen LogP contribution in [0.3, 0.4) is 0 Å².